The Morgan fingerprint density at radius 1 is 1.64 bits per heavy atom. The number of hydrogen-bond acceptors (Lipinski definition) is 2. The molecule has 0 heterocycles. The van der Waals surface area contributed by atoms with Crippen molar-refractivity contribution in [2.24, 2.45) is 11.8 Å². The van der Waals surface area contributed by atoms with Crippen LogP contribution in [0.5, 0.6) is 0 Å². The second-order valence-corrected chi connectivity index (χ2v) is 3.50. The van der Waals surface area contributed by atoms with Gasteiger partial charge in [0.1, 0.15) is 5.78 Å². The van der Waals surface area contributed by atoms with Gasteiger partial charge in [-0.15, -0.1) is 0 Å². The van der Waals surface area contributed by atoms with E-state index in [0.717, 1.165) is 25.9 Å². The van der Waals surface area contributed by atoms with Crippen LogP contribution < -0.4 is 0 Å². The zero-order chi connectivity index (χ0) is 7.84. The number of ether oxygens (including phenoxy) is 1. The minimum absolute atomic E-state index is 0.381. The van der Waals surface area contributed by atoms with E-state index in [9.17, 15) is 4.79 Å². The maximum atomic E-state index is 11.1. The lowest BCUT2D eigenvalue weighted by atomic mass is 9.73. The fourth-order valence-corrected chi connectivity index (χ4v) is 2.32. The van der Waals surface area contributed by atoms with Crippen LogP contribution >= 0.6 is 0 Å². The van der Waals surface area contributed by atoms with Crippen molar-refractivity contribution in [1.29, 1.82) is 0 Å². The first-order chi connectivity index (χ1) is 5.33. The molecule has 2 fully saturated rings. The summed E-state index contributed by atoms with van der Waals surface area (Å²) in [4.78, 5) is 11.1. The third kappa shape index (κ3) is 1.00. The van der Waals surface area contributed by atoms with Crippen molar-refractivity contribution in [1.82, 2.24) is 0 Å². The molecule has 2 nitrogen and oxygen atoms in total. The summed E-state index contributed by atoms with van der Waals surface area (Å²) in [5, 5.41) is 0. The molecule has 2 aliphatic rings. The van der Waals surface area contributed by atoms with Crippen molar-refractivity contribution in [3.63, 3.8) is 0 Å². The highest BCUT2D eigenvalue weighted by atomic mass is 16.5. The molecule has 62 valence electrons. The largest absolute Gasteiger partial charge is 0.378 e. The van der Waals surface area contributed by atoms with Crippen LogP contribution in [0.15, 0.2) is 0 Å². The maximum Gasteiger partial charge on any atom is 0.136 e. The molecule has 0 aromatic heterocycles. The fraction of sp³-hybridized carbons (Fsp3) is 0.889. The van der Waals surface area contributed by atoms with Gasteiger partial charge in [-0.3, -0.25) is 4.79 Å². The Kier molecular flexibility index (Phi) is 1.72. The molecule has 0 spiro atoms. The lowest BCUT2D eigenvalue weighted by Gasteiger charge is -2.38. The smallest absolute Gasteiger partial charge is 0.136 e. The van der Waals surface area contributed by atoms with Crippen molar-refractivity contribution >= 4 is 5.78 Å². The number of carbonyl (C=O) groups excluding carboxylic acids is 1. The van der Waals surface area contributed by atoms with Gasteiger partial charge in [-0.25, -0.2) is 0 Å². The summed E-state index contributed by atoms with van der Waals surface area (Å²) in [6.07, 6.45) is 3.29. The third-order valence-electron chi connectivity index (χ3n) is 3.00. The minimum Gasteiger partial charge on any atom is -0.378 e. The number of ketones is 1. The Bertz CT molecular complexity index is 176. The zero-order valence-corrected chi connectivity index (χ0v) is 6.88. The van der Waals surface area contributed by atoms with Gasteiger partial charge in [0.05, 0.1) is 6.10 Å². The van der Waals surface area contributed by atoms with Crippen LogP contribution in [-0.4, -0.2) is 18.5 Å². The highest BCUT2D eigenvalue weighted by Gasteiger charge is 2.49. The molecule has 0 unspecified atom stereocenters. The second-order valence-electron chi connectivity index (χ2n) is 3.50. The Balaban J connectivity index is 1.91. The van der Waals surface area contributed by atoms with Crippen molar-refractivity contribution in [3.05, 3.63) is 0 Å². The van der Waals surface area contributed by atoms with Crippen LogP contribution in [0.25, 0.3) is 0 Å². The van der Waals surface area contributed by atoms with E-state index in [1.54, 1.807) is 0 Å². The number of carbonyl (C=O) groups is 1. The maximum absolute atomic E-state index is 11.1. The van der Waals surface area contributed by atoms with Crippen LogP contribution in [0.4, 0.5) is 0 Å². The molecule has 2 saturated carbocycles. The summed E-state index contributed by atoms with van der Waals surface area (Å²) in [7, 11) is 0. The van der Waals surface area contributed by atoms with E-state index >= 15 is 0 Å². The first-order valence-electron chi connectivity index (χ1n) is 4.47. The number of hydrogen-bond donors (Lipinski definition) is 0. The summed E-state index contributed by atoms with van der Waals surface area (Å²) in [5.41, 5.74) is 0. The monoisotopic (exact) mass is 154 g/mol. The summed E-state index contributed by atoms with van der Waals surface area (Å²) in [6.45, 7) is 2.81. The van der Waals surface area contributed by atoms with Crippen LogP contribution in [0, 0.1) is 11.8 Å². The quantitative estimate of drug-likeness (QED) is 0.600. The molecule has 0 radical (unpaired) electrons. The fourth-order valence-electron chi connectivity index (χ4n) is 2.32. The van der Waals surface area contributed by atoms with Gasteiger partial charge in [0, 0.05) is 18.9 Å². The van der Waals surface area contributed by atoms with Gasteiger partial charge in [0.2, 0.25) is 0 Å². The normalized spacial score (nSPS) is 41.9. The van der Waals surface area contributed by atoms with Crippen molar-refractivity contribution in [3.8, 4) is 0 Å². The van der Waals surface area contributed by atoms with Crippen molar-refractivity contribution in [2.75, 3.05) is 6.61 Å². The van der Waals surface area contributed by atoms with Gasteiger partial charge in [0.25, 0.3) is 0 Å². The van der Waals surface area contributed by atoms with E-state index in [-0.39, 0.29) is 0 Å². The Morgan fingerprint density at radius 3 is 3.09 bits per heavy atom. The highest BCUT2D eigenvalue weighted by Crippen LogP contribution is 2.46. The molecular formula is C9H14O2. The summed E-state index contributed by atoms with van der Waals surface area (Å²) < 4.78 is 5.49. The van der Waals surface area contributed by atoms with Crippen molar-refractivity contribution < 1.29 is 9.53 Å². The lowest BCUT2D eigenvalue weighted by Crippen LogP contribution is -2.42. The summed E-state index contributed by atoms with van der Waals surface area (Å²) >= 11 is 0. The average molecular weight is 154 g/mol. The van der Waals surface area contributed by atoms with E-state index in [2.05, 4.69) is 0 Å². The van der Waals surface area contributed by atoms with Gasteiger partial charge in [-0.1, -0.05) is 0 Å². The molecule has 0 N–H and O–H groups in total. The van der Waals surface area contributed by atoms with E-state index in [4.69, 9.17) is 4.74 Å². The molecule has 0 aromatic rings. The molecule has 0 bridgehead atoms. The highest BCUT2D eigenvalue weighted by molar-refractivity contribution is 5.84. The molecule has 0 saturated heterocycles. The summed E-state index contributed by atoms with van der Waals surface area (Å²) in [6, 6.07) is 0. The molecule has 0 aliphatic heterocycles. The first-order valence-corrected chi connectivity index (χ1v) is 4.47. The molecule has 0 amide bonds. The van der Waals surface area contributed by atoms with E-state index < -0.39 is 0 Å². The molecule has 2 rings (SSSR count). The standard InChI is InChI=1S/C9H14O2/c1-2-11-9-5-7-6(9)3-4-8(7)10/h6-7,9H,2-5H2,1H3/t6-,7-,9+/m1/s1. The molecule has 3 atom stereocenters. The number of fused-ring (bicyclic) bond motifs is 1. The topological polar surface area (TPSA) is 26.3 Å². The molecule has 11 heavy (non-hydrogen) atoms. The number of rotatable bonds is 2. The zero-order valence-electron chi connectivity index (χ0n) is 6.88. The third-order valence-corrected chi connectivity index (χ3v) is 3.00. The van der Waals surface area contributed by atoms with Gasteiger partial charge >= 0.3 is 0 Å². The van der Waals surface area contributed by atoms with Crippen LogP contribution in [-0.2, 0) is 9.53 Å². The van der Waals surface area contributed by atoms with Gasteiger partial charge in [-0.2, -0.15) is 0 Å². The van der Waals surface area contributed by atoms with Crippen LogP contribution in [0.2, 0.25) is 0 Å². The molecule has 2 aliphatic carbocycles. The van der Waals surface area contributed by atoms with Crippen molar-refractivity contribution in [2.45, 2.75) is 32.3 Å². The Morgan fingerprint density at radius 2 is 2.45 bits per heavy atom. The molecular weight excluding hydrogens is 140 g/mol. The molecule has 2 heteroatoms. The minimum atomic E-state index is 0.381. The SMILES string of the molecule is CCO[C@H]1C[C@H]2C(=O)CC[C@@H]12. The van der Waals surface area contributed by atoms with E-state index in [1.165, 1.54) is 0 Å². The Labute approximate surface area is 66.9 Å². The van der Waals surface area contributed by atoms with Crippen LogP contribution in [0.1, 0.15) is 26.2 Å². The first kappa shape index (κ1) is 7.29. The number of Topliss-reactive ketones (excluding diaryl/α,β-unsaturated/α-hetero) is 1. The van der Waals surface area contributed by atoms with Gasteiger partial charge in [-0.05, 0) is 25.7 Å². The lowest BCUT2D eigenvalue weighted by molar-refractivity contribution is -0.131. The second kappa shape index (κ2) is 2.59. The van der Waals surface area contributed by atoms with Crippen LogP contribution in [0.3, 0.4) is 0 Å². The van der Waals surface area contributed by atoms with E-state index in [1.807, 2.05) is 6.92 Å². The van der Waals surface area contributed by atoms with E-state index in [0.29, 0.717) is 23.7 Å². The summed E-state index contributed by atoms with van der Waals surface area (Å²) in [5.74, 6) is 1.44. The van der Waals surface area contributed by atoms with Gasteiger partial charge < -0.3 is 4.74 Å². The predicted molar refractivity (Wildman–Crippen MR) is 41.3 cm³/mol. The Hall–Kier alpha value is -0.370. The predicted octanol–water partition coefficient (Wildman–Crippen LogP) is 1.39. The molecule has 0 aromatic carbocycles. The average Bonchev–Trinajstić information content (AvgIpc) is 2.22. The van der Waals surface area contributed by atoms with Gasteiger partial charge in [0.15, 0.2) is 0 Å².